The van der Waals surface area contributed by atoms with Crippen LogP contribution in [0, 0.1) is 0 Å². The van der Waals surface area contributed by atoms with Crippen molar-refractivity contribution >= 4 is 29.3 Å². The minimum atomic E-state index is -0.469. The summed E-state index contributed by atoms with van der Waals surface area (Å²) in [6.07, 6.45) is 2.58. The van der Waals surface area contributed by atoms with Gasteiger partial charge in [0.1, 0.15) is 5.60 Å². The van der Waals surface area contributed by atoms with Crippen LogP contribution in [0.4, 0.5) is 10.7 Å². The number of carbonyl (C=O) groups is 1. The van der Waals surface area contributed by atoms with E-state index in [1.807, 2.05) is 25.7 Å². The smallest absolute Gasteiger partial charge is 0.410 e. The molecule has 3 fully saturated rings. The Labute approximate surface area is 145 Å². The fourth-order valence-corrected chi connectivity index (χ4v) is 3.52. The molecular weight excluding hydrogens is 330 g/mol. The molecule has 7 nitrogen and oxygen atoms in total. The highest BCUT2D eigenvalue weighted by Crippen LogP contribution is 2.35. The number of aromatic nitrogens is 3. The van der Waals surface area contributed by atoms with Gasteiger partial charge in [-0.2, -0.15) is 4.98 Å². The third kappa shape index (κ3) is 2.66. The van der Waals surface area contributed by atoms with Crippen molar-refractivity contribution in [2.75, 3.05) is 18.0 Å². The summed E-state index contributed by atoms with van der Waals surface area (Å²) < 4.78 is 7.21. The van der Waals surface area contributed by atoms with Gasteiger partial charge in [0.15, 0.2) is 5.65 Å². The van der Waals surface area contributed by atoms with Crippen molar-refractivity contribution in [1.82, 2.24) is 19.5 Å². The van der Waals surface area contributed by atoms with Gasteiger partial charge in [-0.1, -0.05) is 11.6 Å². The summed E-state index contributed by atoms with van der Waals surface area (Å²) in [4.78, 5) is 20.8. The molecule has 5 heterocycles. The number of rotatable bonds is 1. The number of piperidine rings is 1. The van der Waals surface area contributed by atoms with Gasteiger partial charge in [0.2, 0.25) is 5.95 Å². The number of piperazine rings is 1. The average Bonchev–Trinajstić information content (AvgIpc) is 2.88. The maximum atomic E-state index is 12.3. The lowest BCUT2D eigenvalue weighted by atomic mass is 9.88. The molecule has 5 rings (SSSR count). The topological polar surface area (TPSA) is 63.0 Å². The molecule has 2 atom stereocenters. The van der Waals surface area contributed by atoms with Gasteiger partial charge in [0.25, 0.3) is 0 Å². The Hall–Kier alpha value is -2.02. The monoisotopic (exact) mass is 349 g/mol. The Bertz CT molecular complexity index is 787. The van der Waals surface area contributed by atoms with Crippen LogP contribution < -0.4 is 4.90 Å². The molecule has 0 N–H and O–H groups in total. The largest absolute Gasteiger partial charge is 0.444 e. The number of nitrogens with zero attached hydrogens (tertiary/aromatic N) is 5. The fraction of sp³-hybridized carbons (Fsp3) is 0.562. The minimum Gasteiger partial charge on any atom is -0.444 e. The molecule has 8 heteroatoms. The van der Waals surface area contributed by atoms with Gasteiger partial charge < -0.3 is 9.64 Å². The van der Waals surface area contributed by atoms with Crippen LogP contribution in [0.25, 0.3) is 5.65 Å². The first kappa shape index (κ1) is 15.5. The minimum absolute atomic E-state index is 0.161. The first-order valence-electron chi connectivity index (χ1n) is 8.08. The molecule has 2 aromatic rings. The zero-order chi connectivity index (χ0) is 17.1. The highest BCUT2D eigenvalue weighted by molar-refractivity contribution is 6.30. The Kier molecular flexibility index (Phi) is 3.38. The van der Waals surface area contributed by atoms with Gasteiger partial charge in [-0.3, -0.25) is 4.90 Å². The molecule has 3 saturated heterocycles. The first-order chi connectivity index (χ1) is 11.3. The van der Waals surface area contributed by atoms with Crippen molar-refractivity contribution in [2.45, 2.75) is 44.9 Å². The molecule has 2 bridgehead atoms. The van der Waals surface area contributed by atoms with Gasteiger partial charge in [0.05, 0.1) is 12.1 Å². The lowest BCUT2D eigenvalue weighted by Crippen LogP contribution is -2.70. The second-order valence-electron chi connectivity index (χ2n) is 7.40. The molecule has 128 valence electrons. The summed E-state index contributed by atoms with van der Waals surface area (Å²) in [7, 11) is 0. The summed E-state index contributed by atoms with van der Waals surface area (Å²) in [5.74, 6) is 0.677. The van der Waals surface area contributed by atoms with Crippen LogP contribution in [0.3, 0.4) is 0 Å². The molecule has 0 radical (unpaired) electrons. The molecule has 0 saturated carbocycles. The van der Waals surface area contributed by atoms with Crippen LogP contribution in [0.5, 0.6) is 0 Å². The second-order valence-corrected chi connectivity index (χ2v) is 7.83. The van der Waals surface area contributed by atoms with E-state index in [1.54, 1.807) is 22.8 Å². The summed E-state index contributed by atoms with van der Waals surface area (Å²) in [5.41, 5.74) is 0.254. The maximum Gasteiger partial charge on any atom is 0.410 e. The van der Waals surface area contributed by atoms with E-state index >= 15 is 0 Å². The lowest BCUT2D eigenvalue weighted by Gasteiger charge is -2.55. The Morgan fingerprint density at radius 1 is 1.33 bits per heavy atom. The number of amides is 1. The number of pyridine rings is 1. The number of hydrogen-bond acceptors (Lipinski definition) is 5. The summed E-state index contributed by atoms with van der Waals surface area (Å²) in [6.45, 7) is 7.11. The van der Waals surface area contributed by atoms with Gasteiger partial charge >= 0.3 is 6.09 Å². The van der Waals surface area contributed by atoms with Crippen molar-refractivity contribution in [3.63, 3.8) is 0 Å². The zero-order valence-electron chi connectivity index (χ0n) is 13.9. The van der Waals surface area contributed by atoms with E-state index in [9.17, 15) is 4.79 Å². The van der Waals surface area contributed by atoms with Crippen LogP contribution in [0.1, 0.15) is 27.2 Å². The van der Waals surface area contributed by atoms with Crippen LogP contribution in [-0.4, -0.2) is 56.4 Å². The fourth-order valence-electron chi connectivity index (χ4n) is 3.36. The van der Waals surface area contributed by atoms with Crippen molar-refractivity contribution in [3.05, 3.63) is 23.4 Å². The molecule has 0 spiro atoms. The normalized spacial score (nSPS) is 23.3. The van der Waals surface area contributed by atoms with Gasteiger partial charge in [-0.25, -0.2) is 9.31 Å². The molecule has 1 amide bonds. The Balaban J connectivity index is 1.48. The quantitative estimate of drug-likeness (QED) is 0.791. The second kappa shape index (κ2) is 5.24. The van der Waals surface area contributed by atoms with Crippen LogP contribution in [0.15, 0.2) is 18.3 Å². The molecule has 3 aliphatic heterocycles. The van der Waals surface area contributed by atoms with Gasteiger partial charge in [-0.15, -0.1) is 5.10 Å². The van der Waals surface area contributed by atoms with Crippen LogP contribution in [0.2, 0.25) is 5.02 Å². The van der Waals surface area contributed by atoms with E-state index in [0.29, 0.717) is 11.0 Å². The maximum absolute atomic E-state index is 12.3. The Morgan fingerprint density at radius 2 is 2.04 bits per heavy atom. The molecule has 0 aliphatic carbocycles. The van der Waals surface area contributed by atoms with E-state index in [0.717, 1.165) is 25.2 Å². The summed E-state index contributed by atoms with van der Waals surface area (Å²) in [5, 5.41) is 5.14. The zero-order valence-corrected chi connectivity index (χ0v) is 14.7. The molecule has 2 unspecified atom stereocenters. The van der Waals surface area contributed by atoms with Crippen molar-refractivity contribution in [2.24, 2.45) is 0 Å². The number of fused-ring (bicyclic) bond motifs is 3. The highest BCUT2D eigenvalue weighted by atomic mass is 35.5. The SMILES string of the molecule is CC(C)(C)OC(=O)N1C2CC1CN(c1nc3cc(Cl)ccn3n1)C2. The number of carbonyl (C=O) groups excluding carboxylic acids is 1. The van der Waals surface area contributed by atoms with Crippen molar-refractivity contribution in [1.29, 1.82) is 0 Å². The highest BCUT2D eigenvalue weighted by Gasteiger charge is 2.49. The van der Waals surface area contributed by atoms with Crippen molar-refractivity contribution < 1.29 is 9.53 Å². The Morgan fingerprint density at radius 3 is 2.71 bits per heavy atom. The third-order valence-corrected chi connectivity index (χ3v) is 4.60. The van der Waals surface area contributed by atoms with E-state index in [-0.39, 0.29) is 18.2 Å². The lowest BCUT2D eigenvalue weighted by molar-refractivity contribution is -0.0381. The molecule has 2 aromatic heterocycles. The predicted molar refractivity (Wildman–Crippen MR) is 90.5 cm³/mol. The van der Waals surface area contributed by atoms with Crippen LogP contribution in [-0.2, 0) is 4.74 Å². The van der Waals surface area contributed by atoms with Gasteiger partial charge in [0, 0.05) is 30.4 Å². The van der Waals surface area contributed by atoms with E-state index < -0.39 is 5.60 Å². The average molecular weight is 350 g/mol. The van der Waals surface area contributed by atoms with E-state index in [4.69, 9.17) is 16.3 Å². The van der Waals surface area contributed by atoms with E-state index in [1.165, 1.54) is 0 Å². The van der Waals surface area contributed by atoms with Gasteiger partial charge in [-0.05, 0) is 33.3 Å². The predicted octanol–water partition coefficient (Wildman–Crippen LogP) is 2.58. The molecule has 0 aromatic carbocycles. The van der Waals surface area contributed by atoms with Crippen molar-refractivity contribution in [3.8, 4) is 0 Å². The summed E-state index contributed by atoms with van der Waals surface area (Å²) in [6, 6.07) is 3.89. The number of hydrogen-bond donors (Lipinski definition) is 0. The third-order valence-electron chi connectivity index (χ3n) is 4.37. The summed E-state index contributed by atoms with van der Waals surface area (Å²) >= 11 is 6.00. The molecule has 24 heavy (non-hydrogen) atoms. The standard InChI is InChI=1S/C16H20ClN5O2/c1-16(2,3)24-15(23)22-11-7-12(22)9-20(8-11)14-18-13-6-10(17)4-5-21(13)19-14/h4-6,11-12H,7-9H2,1-3H3. The number of ether oxygens (including phenoxy) is 1. The number of halogens is 1. The number of anilines is 1. The van der Waals surface area contributed by atoms with E-state index in [2.05, 4.69) is 15.0 Å². The van der Waals surface area contributed by atoms with Crippen LogP contribution >= 0.6 is 11.6 Å². The first-order valence-corrected chi connectivity index (χ1v) is 8.46. The molecular formula is C16H20ClN5O2. The molecule has 3 aliphatic rings.